The minimum atomic E-state index is 0.487. The summed E-state index contributed by atoms with van der Waals surface area (Å²) in [5.74, 6) is 0. The zero-order chi connectivity index (χ0) is 11.4. The minimum absolute atomic E-state index is 0.487. The molecule has 0 aliphatic carbocycles. The summed E-state index contributed by atoms with van der Waals surface area (Å²) in [4.78, 5) is 6.39. The fraction of sp³-hybridized carbons (Fsp3) is 0.300. The molecule has 4 nitrogen and oxygen atoms in total. The molecule has 2 aromatic heterocycles. The molecule has 0 aromatic carbocycles. The van der Waals surface area contributed by atoms with E-state index >= 15 is 0 Å². The van der Waals surface area contributed by atoms with Crippen molar-refractivity contribution in [2.75, 3.05) is 7.05 Å². The first-order valence-corrected chi connectivity index (χ1v) is 6.00. The number of nitrogens with zero attached hydrogens (tertiary/aromatic N) is 4. The molecule has 0 N–H and O–H groups in total. The second-order valence-corrected chi connectivity index (χ2v) is 5.09. The van der Waals surface area contributed by atoms with Gasteiger partial charge in [-0.25, -0.2) is 0 Å². The van der Waals surface area contributed by atoms with Gasteiger partial charge in [-0.2, -0.15) is 0 Å². The molecule has 0 aliphatic heterocycles. The molecule has 0 unspecified atom stereocenters. The summed E-state index contributed by atoms with van der Waals surface area (Å²) >= 11 is 7.13. The van der Waals surface area contributed by atoms with Gasteiger partial charge in [0.25, 0.3) is 0 Å². The second-order valence-electron chi connectivity index (χ2n) is 3.44. The van der Waals surface area contributed by atoms with Crippen molar-refractivity contribution < 1.29 is 0 Å². The lowest BCUT2D eigenvalue weighted by Gasteiger charge is -2.13. The van der Waals surface area contributed by atoms with Crippen molar-refractivity contribution in [2.24, 2.45) is 0 Å². The van der Waals surface area contributed by atoms with Gasteiger partial charge in [0.15, 0.2) is 0 Å². The Kier molecular flexibility index (Phi) is 3.82. The lowest BCUT2D eigenvalue weighted by Crippen LogP contribution is -2.17. The molecule has 0 fully saturated rings. The van der Waals surface area contributed by atoms with E-state index in [1.54, 1.807) is 6.20 Å². The van der Waals surface area contributed by atoms with Crippen molar-refractivity contribution in [1.82, 2.24) is 20.1 Å². The molecule has 16 heavy (non-hydrogen) atoms. The van der Waals surface area contributed by atoms with Gasteiger partial charge < -0.3 is 0 Å². The first kappa shape index (κ1) is 11.4. The highest BCUT2D eigenvalue weighted by Crippen LogP contribution is 2.16. The Morgan fingerprint density at radius 1 is 1.31 bits per heavy atom. The van der Waals surface area contributed by atoms with Crippen LogP contribution in [0.2, 0.25) is 4.47 Å². The molecule has 84 valence electrons. The number of hydrogen-bond acceptors (Lipinski definition) is 5. The number of pyridine rings is 1. The van der Waals surface area contributed by atoms with Crippen LogP contribution in [0.1, 0.15) is 10.7 Å². The summed E-state index contributed by atoms with van der Waals surface area (Å²) in [7, 11) is 2.02. The Bertz CT molecular complexity index is 445. The van der Waals surface area contributed by atoms with Crippen molar-refractivity contribution in [3.63, 3.8) is 0 Å². The summed E-state index contributed by atoms with van der Waals surface area (Å²) in [5.41, 5.74) is 1.04. The molecule has 0 amide bonds. The lowest BCUT2D eigenvalue weighted by atomic mass is 10.3. The van der Waals surface area contributed by atoms with Crippen LogP contribution in [-0.2, 0) is 13.1 Å². The monoisotopic (exact) mass is 254 g/mol. The predicted molar refractivity (Wildman–Crippen MR) is 64.3 cm³/mol. The molecule has 0 atom stereocenters. The van der Waals surface area contributed by atoms with E-state index in [4.69, 9.17) is 11.6 Å². The van der Waals surface area contributed by atoms with Crippen molar-refractivity contribution >= 4 is 22.9 Å². The fourth-order valence-corrected chi connectivity index (χ4v) is 2.30. The van der Waals surface area contributed by atoms with Gasteiger partial charge >= 0.3 is 0 Å². The molecular weight excluding hydrogens is 244 g/mol. The van der Waals surface area contributed by atoms with E-state index in [0.29, 0.717) is 4.47 Å². The third-order valence-electron chi connectivity index (χ3n) is 2.01. The van der Waals surface area contributed by atoms with Gasteiger partial charge in [0.2, 0.25) is 4.47 Å². The maximum absolute atomic E-state index is 5.72. The molecule has 0 saturated carbocycles. The van der Waals surface area contributed by atoms with Gasteiger partial charge in [0.05, 0.1) is 12.2 Å². The molecule has 2 heterocycles. The molecule has 6 heteroatoms. The van der Waals surface area contributed by atoms with E-state index in [1.165, 1.54) is 11.3 Å². The normalized spacial score (nSPS) is 10.9. The first-order chi connectivity index (χ1) is 7.74. The van der Waals surface area contributed by atoms with Crippen LogP contribution in [0, 0.1) is 0 Å². The van der Waals surface area contributed by atoms with Gasteiger partial charge in [0.1, 0.15) is 5.01 Å². The molecule has 0 spiro atoms. The highest BCUT2D eigenvalue weighted by molar-refractivity contribution is 7.15. The minimum Gasteiger partial charge on any atom is -0.294 e. The van der Waals surface area contributed by atoms with Crippen LogP contribution in [-0.4, -0.2) is 27.1 Å². The van der Waals surface area contributed by atoms with Crippen molar-refractivity contribution in [3.8, 4) is 0 Å². The number of halogens is 1. The maximum atomic E-state index is 5.72. The zero-order valence-electron chi connectivity index (χ0n) is 8.80. The quantitative estimate of drug-likeness (QED) is 0.839. The summed E-state index contributed by atoms with van der Waals surface area (Å²) < 4.78 is 0.487. The predicted octanol–water partition coefficient (Wildman–Crippen LogP) is 2.22. The van der Waals surface area contributed by atoms with Gasteiger partial charge in [-0.3, -0.25) is 9.88 Å². The Labute approximate surface area is 103 Å². The first-order valence-electron chi connectivity index (χ1n) is 4.80. The average Bonchev–Trinajstić information content (AvgIpc) is 2.65. The van der Waals surface area contributed by atoms with Gasteiger partial charge in [-0.1, -0.05) is 17.4 Å². The molecule has 0 bridgehead atoms. The molecule has 0 radical (unpaired) electrons. The Morgan fingerprint density at radius 2 is 2.19 bits per heavy atom. The lowest BCUT2D eigenvalue weighted by molar-refractivity contribution is 0.314. The van der Waals surface area contributed by atoms with E-state index in [0.717, 1.165) is 23.8 Å². The SMILES string of the molecule is CN(Cc1ccccn1)Cc1nnc(Cl)s1. The van der Waals surface area contributed by atoms with Crippen LogP contribution in [0.25, 0.3) is 0 Å². The summed E-state index contributed by atoms with van der Waals surface area (Å²) in [6.45, 7) is 1.53. The van der Waals surface area contributed by atoms with Gasteiger partial charge in [-0.15, -0.1) is 10.2 Å². The van der Waals surface area contributed by atoms with Crippen molar-refractivity contribution in [3.05, 3.63) is 39.6 Å². The Balaban J connectivity index is 1.92. The van der Waals surface area contributed by atoms with E-state index in [2.05, 4.69) is 20.1 Å². The standard InChI is InChI=1S/C10H11ClN4S/c1-15(6-8-4-2-3-5-12-8)7-9-13-14-10(11)16-9/h2-5H,6-7H2,1H3. The summed E-state index contributed by atoms with van der Waals surface area (Å²) in [5, 5.41) is 8.66. The van der Waals surface area contributed by atoms with Crippen molar-refractivity contribution in [2.45, 2.75) is 13.1 Å². The third kappa shape index (κ3) is 3.23. The second kappa shape index (κ2) is 5.34. The third-order valence-corrected chi connectivity index (χ3v) is 3.01. The smallest absolute Gasteiger partial charge is 0.207 e. The highest BCUT2D eigenvalue weighted by Gasteiger charge is 2.06. The van der Waals surface area contributed by atoms with Crippen LogP contribution in [0.15, 0.2) is 24.4 Å². The average molecular weight is 255 g/mol. The van der Waals surface area contributed by atoms with Crippen LogP contribution in [0.4, 0.5) is 0 Å². The molecule has 2 aromatic rings. The molecule has 0 saturated heterocycles. The highest BCUT2D eigenvalue weighted by atomic mass is 35.5. The molecule has 2 rings (SSSR count). The summed E-state index contributed by atoms with van der Waals surface area (Å²) in [6, 6.07) is 5.90. The van der Waals surface area contributed by atoms with Crippen LogP contribution >= 0.6 is 22.9 Å². The summed E-state index contributed by atoms with van der Waals surface area (Å²) in [6.07, 6.45) is 1.80. The van der Waals surface area contributed by atoms with E-state index in [9.17, 15) is 0 Å². The van der Waals surface area contributed by atoms with Crippen LogP contribution in [0.5, 0.6) is 0 Å². The van der Waals surface area contributed by atoms with E-state index < -0.39 is 0 Å². The number of aromatic nitrogens is 3. The zero-order valence-corrected chi connectivity index (χ0v) is 10.4. The van der Waals surface area contributed by atoms with Crippen LogP contribution < -0.4 is 0 Å². The van der Waals surface area contributed by atoms with Crippen molar-refractivity contribution in [1.29, 1.82) is 0 Å². The maximum Gasteiger partial charge on any atom is 0.207 e. The Morgan fingerprint density at radius 3 is 2.81 bits per heavy atom. The topological polar surface area (TPSA) is 41.9 Å². The number of hydrogen-bond donors (Lipinski definition) is 0. The van der Waals surface area contributed by atoms with Crippen LogP contribution in [0.3, 0.4) is 0 Å². The van der Waals surface area contributed by atoms with E-state index in [-0.39, 0.29) is 0 Å². The molecular formula is C10H11ClN4S. The van der Waals surface area contributed by atoms with E-state index in [1.807, 2.05) is 25.2 Å². The van der Waals surface area contributed by atoms with Gasteiger partial charge in [0, 0.05) is 12.7 Å². The fourth-order valence-electron chi connectivity index (χ4n) is 1.35. The largest absolute Gasteiger partial charge is 0.294 e. The number of rotatable bonds is 4. The Hall–Kier alpha value is -1.04. The molecule has 0 aliphatic rings. The van der Waals surface area contributed by atoms with Gasteiger partial charge in [-0.05, 0) is 30.8 Å².